The van der Waals surface area contributed by atoms with Crippen LogP contribution >= 0.6 is 23.4 Å². The monoisotopic (exact) mass is 545 g/mol. The first-order valence-corrected chi connectivity index (χ1v) is 11.5. The second-order valence-electron chi connectivity index (χ2n) is 7.37. The highest BCUT2D eigenvalue weighted by molar-refractivity contribution is 8.18. The van der Waals surface area contributed by atoms with Crippen LogP contribution in [0.2, 0.25) is 5.02 Å². The van der Waals surface area contributed by atoms with Gasteiger partial charge < -0.3 is 15.4 Å². The van der Waals surface area contributed by atoms with Crippen molar-refractivity contribution in [3.05, 3.63) is 82.7 Å². The minimum Gasteiger partial charge on any atom is -0.475 e. The van der Waals surface area contributed by atoms with Crippen molar-refractivity contribution in [2.24, 2.45) is 4.99 Å². The number of pyridine rings is 1. The van der Waals surface area contributed by atoms with Gasteiger partial charge in [0.05, 0.1) is 33.2 Å². The van der Waals surface area contributed by atoms with Crippen LogP contribution in [-0.2, 0) is 9.59 Å². The normalized spacial score (nSPS) is 14.3. The zero-order valence-corrected chi connectivity index (χ0v) is 20.0. The van der Waals surface area contributed by atoms with E-state index in [0.29, 0.717) is 20.8 Å². The third-order valence-corrected chi connectivity index (χ3v) is 6.02. The summed E-state index contributed by atoms with van der Waals surface area (Å²) in [6.45, 7) is 0. The first-order chi connectivity index (χ1) is 17.6. The van der Waals surface area contributed by atoms with E-state index in [2.05, 4.69) is 25.3 Å². The number of anilines is 1. The van der Waals surface area contributed by atoms with Crippen LogP contribution in [0.4, 0.5) is 18.9 Å². The Morgan fingerprint density at radius 2 is 1.92 bits per heavy atom. The number of carbonyl (C=O) groups excluding carboxylic acids is 1. The summed E-state index contributed by atoms with van der Waals surface area (Å²) in [5.41, 5.74) is 4.20. The predicted molar refractivity (Wildman–Crippen MR) is 136 cm³/mol. The zero-order chi connectivity index (χ0) is 26.6. The van der Waals surface area contributed by atoms with Crippen molar-refractivity contribution in [2.45, 2.75) is 6.18 Å². The number of rotatable bonds is 3. The highest BCUT2D eigenvalue weighted by atomic mass is 35.5. The van der Waals surface area contributed by atoms with Gasteiger partial charge in [0.2, 0.25) is 0 Å². The smallest absolute Gasteiger partial charge is 0.475 e. The fourth-order valence-electron chi connectivity index (χ4n) is 3.11. The van der Waals surface area contributed by atoms with Crippen molar-refractivity contribution in [3.63, 3.8) is 0 Å². The van der Waals surface area contributed by atoms with Crippen LogP contribution in [0.25, 0.3) is 28.2 Å². The average molecular weight is 546 g/mol. The zero-order valence-electron chi connectivity index (χ0n) is 18.5. The predicted octanol–water partition coefficient (Wildman–Crippen LogP) is 5.99. The van der Waals surface area contributed by atoms with Crippen LogP contribution in [0.5, 0.6) is 0 Å². The molecule has 3 heterocycles. The maximum Gasteiger partial charge on any atom is 0.490 e. The molecule has 3 N–H and O–H groups in total. The maximum atomic E-state index is 12.4. The van der Waals surface area contributed by atoms with Gasteiger partial charge in [0.15, 0.2) is 5.17 Å². The first-order valence-electron chi connectivity index (χ1n) is 10.3. The van der Waals surface area contributed by atoms with E-state index in [9.17, 15) is 18.0 Å². The van der Waals surface area contributed by atoms with Gasteiger partial charge in [-0.15, -0.1) is 0 Å². The molecule has 1 amide bonds. The molecule has 1 aliphatic heterocycles. The third-order valence-electron chi connectivity index (χ3n) is 4.79. The molecule has 2 aromatic heterocycles. The van der Waals surface area contributed by atoms with Gasteiger partial charge in [-0.1, -0.05) is 29.8 Å². The number of aliphatic carboxylic acids is 1. The molecule has 0 aliphatic carbocycles. The van der Waals surface area contributed by atoms with E-state index in [4.69, 9.17) is 21.5 Å². The summed E-state index contributed by atoms with van der Waals surface area (Å²) in [7, 11) is 0. The number of nitrogens with zero attached hydrogens (tertiary/aromatic N) is 3. The van der Waals surface area contributed by atoms with E-state index in [1.54, 1.807) is 24.8 Å². The van der Waals surface area contributed by atoms with Crippen molar-refractivity contribution in [2.75, 3.05) is 5.32 Å². The van der Waals surface area contributed by atoms with E-state index < -0.39 is 12.1 Å². The maximum absolute atomic E-state index is 12.4. The van der Waals surface area contributed by atoms with Gasteiger partial charge in [-0.3, -0.25) is 9.78 Å². The fraction of sp³-hybridized carbons (Fsp3) is 0.0417. The summed E-state index contributed by atoms with van der Waals surface area (Å²) in [5, 5.41) is 12.3. The molecule has 188 valence electrons. The number of hydrogen-bond acceptors (Lipinski definition) is 6. The molecular weight excluding hydrogens is 531 g/mol. The average Bonchev–Trinajstić information content (AvgIpc) is 3.50. The Kier molecular flexibility index (Phi) is 7.60. The lowest BCUT2D eigenvalue weighted by Crippen LogP contribution is -2.21. The topological polar surface area (TPSA) is 120 Å². The number of carboxylic acid groups (broad SMARTS) is 1. The molecule has 0 fully saturated rings. The van der Waals surface area contributed by atoms with Crippen LogP contribution in [-0.4, -0.2) is 43.3 Å². The molecule has 2 aromatic carbocycles. The van der Waals surface area contributed by atoms with Gasteiger partial charge >= 0.3 is 12.1 Å². The van der Waals surface area contributed by atoms with Gasteiger partial charge in [-0.05, 0) is 53.7 Å². The Balaban J connectivity index is 0.000000405. The number of carboxylic acids is 1. The lowest BCUT2D eigenvalue weighted by atomic mass is 10.1. The summed E-state index contributed by atoms with van der Waals surface area (Å²) >= 11 is 7.61. The summed E-state index contributed by atoms with van der Waals surface area (Å²) in [4.78, 5) is 37.5. The second kappa shape index (κ2) is 10.8. The number of aromatic nitrogens is 3. The molecule has 0 radical (unpaired) electrons. The summed E-state index contributed by atoms with van der Waals surface area (Å²) in [6.07, 6.45) is 1.93. The molecule has 1 aliphatic rings. The van der Waals surface area contributed by atoms with Crippen LogP contribution in [0, 0.1) is 0 Å². The lowest BCUT2D eigenvalue weighted by Gasteiger charge is -2.08. The van der Waals surface area contributed by atoms with E-state index in [1.807, 2.05) is 48.5 Å². The minimum absolute atomic E-state index is 0.284. The number of hydrogen-bond donors (Lipinski definition) is 3. The van der Waals surface area contributed by atoms with Crippen molar-refractivity contribution in [3.8, 4) is 11.3 Å². The lowest BCUT2D eigenvalue weighted by molar-refractivity contribution is -0.192. The van der Waals surface area contributed by atoms with Crippen molar-refractivity contribution < 1.29 is 27.9 Å². The van der Waals surface area contributed by atoms with Crippen LogP contribution in [0.15, 0.2) is 77.1 Å². The number of imidazole rings is 1. The number of aromatic amines is 1. The summed E-state index contributed by atoms with van der Waals surface area (Å²) in [5.74, 6) is -3.04. The SMILES string of the molecule is O=C(O)C(F)(F)F.O=C1N=C(Nc2cc(-c3c[nH]cn3)ccc2Cl)S/C1=C\c1ccc2ncccc2c1. The Morgan fingerprint density at radius 3 is 2.62 bits per heavy atom. The Labute approximate surface area is 216 Å². The van der Waals surface area contributed by atoms with Gasteiger partial charge in [0.25, 0.3) is 5.91 Å². The first kappa shape index (κ1) is 25.9. The molecule has 0 bridgehead atoms. The molecule has 4 aromatic rings. The molecule has 37 heavy (non-hydrogen) atoms. The molecule has 0 spiro atoms. The Bertz CT molecular complexity index is 1540. The molecule has 5 rings (SSSR count). The largest absolute Gasteiger partial charge is 0.490 e. The fourth-order valence-corrected chi connectivity index (χ4v) is 4.10. The number of aliphatic imine (C=N–C) groups is 1. The molecule has 13 heteroatoms. The van der Waals surface area contributed by atoms with E-state index in [-0.39, 0.29) is 5.91 Å². The number of H-pyrrole nitrogens is 1. The van der Waals surface area contributed by atoms with Crippen LogP contribution in [0.1, 0.15) is 5.56 Å². The summed E-state index contributed by atoms with van der Waals surface area (Å²) < 4.78 is 31.7. The molecular formula is C24H15ClF3N5O3S. The number of alkyl halides is 3. The van der Waals surface area contributed by atoms with Gasteiger partial charge in [0.1, 0.15) is 0 Å². The Hall–Kier alpha value is -4.16. The van der Waals surface area contributed by atoms with Gasteiger partial charge in [0, 0.05) is 23.3 Å². The number of benzene rings is 2. The molecule has 0 saturated carbocycles. The van der Waals surface area contributed by atoms with Crippen molar-refractivity contribution >= 4 is 63.1 Å². The molecule has 0 unspecified atom stereocenters. The van der Waals surface area contributed by atoms with E-state index >= 15 is 0 Å². The van der Waals surface area contributed by atoms with Gasteiger partial charge in [-0.2, -0.15) is 18.2 Å². The van der Waals surface area contributed by atoms with E-state index in [0.717, 1.165) is 27.7 Å². The van der Waals surface area contributed by atoms with Crippen molar-refractivity contribution in [1.29, 1.82) is 0 Å². The number of amidine groups is 1. The number of fused-ring (bicyclic) bond motifs is 1. The van der Waals surface area contributed by atoms with Crippen LogP contribution in [0.3, 0.4) is 0 Å². The third kappa shape index (κ3) is 6.54. The minimum atomic E-state index is -5.08. The number of halogens is 4. The number of amides is 1. The van der Waals surface area contributed by atoms with Gasteiger partial charge in [-0.25, -0.2) is 9.78 Å². The second-order valence-corrected chi connectivity index (χ2v) is 8.80. The summed E-state index contributed by atoms with van der Waals surface area (Å²) in [6, 6.07) is 15.3. The van der Waals surface area contributed by atoms with Crippen LogP contribution < -0.4 is 5.32 Å². The highest BCUT2D eigenvalue weighted by Gasteiger charge is 2.38. The number of thioether (sulfide) groups is 1. The standard InChI is InChI=1S/C22H14ClN5OS.C2HF3O2/c23-16-5-4-15(19-11-24-12-26-19)10-18(16)27-22-28-21(29)20(30-22)9-13-3-6-17-14(8-13)2-1-7-25-17;3-2(4,5)1(6)7/h1-12H,(H,24,26)(H,27,28,29);(H,6,7)/b20-9-;. The highest BCUT2D eigenvalue weighted by Crippen LogP contribution is 2.33. The van der Waals surface area contributed by atoms with Crippen molar-refractivity contribution in [1.82, 2.24) is 15.0 Å². The quantitative estimate of drug-likeness (QED) is 0.270. The molecule has 0 atom stereocenters. The number of nitrogens with one attached hydrogen (secondary N) is 2. The molecule has 0 saturated heterocycles. The Morgan fingerprint density at radius 1 is 1.14 bits per heavy atom. The number of carbonyl (C=O) groups is 2. The van der Waals surface area contributed by atoms with E-state index in [1.165, 1.54) is 11.8 Å². The molecule has 8 nitrogen and oxygen atoms in total.